The zero-order valence-electron chi connectivity index (χ0n) is 13.3. The van der Waals surface area contributed by atoms with Crippen LogP contribution in [0.2, 0.25) is 0 Å². The number of hydrogen-bond donors (Lipinski definition) is 2. The van der Waals surface area contributed by atoms with Crippen molar-refractivity contribution in [3.63, 3.8) is 0 Å². The van der Waals surface area contributed by atoms with Crippen molar-refractivity contribution in [3.05, 3.63) is 57.3 Å². The first-order valence-corrected chi connectivity index (χ1v) is 8.10. The number of aliphatic imine (C=N–C) groups is 1. The molecule has 22 heavy (non-hydrogen) atoms. The summed E-state index contributed by atoms with van der Waals surface area (Å²) in [5.74, 6) is 0.836. The van der Waals surface area contributed by atoms with Crippen LogP contribution in [0.1, 0.15) is 27.8 Å². The van der Waals surface area contributed by atoms with Crippen molar-refractivity contribution in [1.29, 1.82) is 0 Å². The summed E-state index contributed by atoms with van der Waals surface area (Å²) in [5, 5.41) is 6.70. The molecule has 0 amide bonds. The fourth-order valence-electron chi connectivity index (χ4n) is 2.11. The summed E-state index contributed by atoms with van der Waals surface area (Å²) in [4.78, 5) is 7.03. The van der Waals surface area contributed by atoms with Crippen molar-refractivity contribution in [2.75, 3.05) is 7.05 Å². The lowest BCUT2D eigenvalue weighted by Gasteiger charge is -2.11. The van der Waals surface area contributed by atoms with Gasteiger partial charge in [0, 0.05) is 23.3 Å². The van der Waals surface area contributed by atoms with Crippen molar-refractivity contribution in [3.8, 4) is 0 Å². The van der Waals surface area contributed by atoms with E-state index in [0.29, 0.717) is 0 Å². The van der Waals surface area contributed by atoms with Crippen molar-refractivity contribution in [2.24, 2.45) is 4.99 Å². The molecule has 0 unspecified atom stereocenters. The van der Waals surface area contributed by atoms with Crippen molar-refractivity contribution in [1.82, 2.24) is 10.6 Å². The molecule has 0 saturated heterocycles. The summed E-state index contributed by atoms with van der Waals surface area (Å²) in [7, 11) is 1.80. The summed E-state index contributed by atoms with van der Waals surface area (Å²) in [6, 6.07) is 12.9. The number of thiophene rings is 1. The lowest BCUT2D eigenvalue weighted by molar-refractivity contribution is 0.815. The molecule has 0 fully saturated rings. The Morgan fingerprint density at radius 2 is 1.82 bits per heavy atom. The Labute approximate surface area is 154 Å². The van der Waals surface area contributed by atoms with Gasteiger partial charge in [0.05, 0.1) is 6.54 Å². The Balaban J connectivity index is 0.00000242. The molecule has 0 spiro atoms. The molecule has 2 N–H and O–H groups in total. The summed E-state index contributed by atoms with van der Waals surface area (Å²) >= 11 is 1.86. The predicted molar refractivity (Wildman–Crippen MR) is 107 cm³/mol. The van der Waals surface area contributed by atoms with Gasteiger partial charge >= 0.3 is 0 Å². The average molecular weight is 429 g/mol. The van der Waals surface area contributed by atoms with Crippen LogP contribution in [0.15, 0.2) is 41.4 Å². The summed E-state index contributed by atoms with van der Waals surface area (Å²) in [5.41, 5.74) is 2.55. The minimum absolute atomic E-state index is 0. The molecule has 1 aromatic heterocycles. The van der Waals surface area contributed by atoms with Gasteiger partial charge in [-0.15, -0.1) is 35.3 Å². The second-order valence-electron chi connectivity index (χ2n) is 4.99. The number of benzene rings is 1. The molecule has 3 nitrogen and oxygen atoms in total. The Morgan fingerprint density at radius 1 is 1.09 bits per heavy atom. The van der Waals surface area contributed by atoms with Crippen molar-refractivity contribution in [2.45, 2.75) is 33.4 Å². The first-order valence-electron chi connectivity index (χ1n) is 7.29. The number of nitrogens with zero attached hydrogens (tertiary/aromatic N) is 1. The first kappa shape index (κ1) is 19.0. The van der Waals surface area contributed by atoms with E-state index in [4.69, 9.17) is 0 Å². The van der Waals surface area contributed by atoms with E-state index in [1.165, 1.54) is 20.9 Å². The van der Waals surface area contributed by atoms with Crippen LogP contribution in [-0.4, -0.2) is 13.0 Å². The van der Waals surface area contributed by atoms with E-state index >= 15 is 0 Å². The molecule has 2 aromatic rings. The summed E-state index contributed by atoms with van der Waals surface area (Å²) < 4.78 is 0. The number of guanidine groups is 1. The molecule has 0 aliphatic rings. The number of hydrogen-bond acceptors (Lipinski definition) is 2. The van der Waals surface area contributed by atoms with E-state index in [-0.39, 0.29) is 24.0 Å². The van der Waals surface area contributed by atoms with Crippen LogP contribution in [0, 0.1) is 6.92 Å². The molecule has 2 rings (SSSR count). The smallest absolute Gasteiger partial charge is 0.191 e. The van der Waals surface area contributed by atoms with Crippen LogP contribution >= 0.6 is 35.3 Å². The Kier molecular flexibility index (Phi) is 8.48. The second kappa shape index (κ2) is 9.84. The fraction of sp³-hybridized carbons (Fsp3) is 0.353. The highest BCUT2D eigenvalue weighted by molar-refractivity contribution is 14.0. The Hall–Kier alpha value is -1.08. The molecule has 120 valence electrons. The Morgan fingerprint density at radius 3 is 2.45 bits per heavy atom. The van der Waals surface area contributed by atoms with Crippen molar-refractivity contribution >= 4 is 41.3 Å². The normalized spacial score (nSPS) is 11.0. The molecule has 0 bridgehead atoms. The van der Waals surface area contributed by atoms with Gasteiger partial charge in [-0.05, 0) is 31.0 Å². The van der Waals surface area contributed by atoms with Crippen molar-refractivity contribution < 1.29 is 0 Å². The third kappa shape index (κ3) is 5.96. The third-order valence-corrected chi connectivity index (χ3v) is 4.49. The molecule has 0 atom stereocenters. The van der Waals surface area contributed by atoms with Crippen LogP contribution in [0.3, 0.4) is 0 Å². The number of halogens is 1. The van der Waals surface area contributed by atoms with Crippen LogP contribution in [-0.2, 0) is 19.5 Å². The van der Waals surface area contributed by atoms with Gasteiger partial charge < -0.3 is 10.6 Å². The van der Waals surface area contributed by atoms with Gasteiger partial charge in [-0.25, -0.2) is 0 Å². The monoisotopic (exact) mass is 429 g/mol. The fourth-order valence-corrected chi connectivity index (χ4v) is 3.00. The lowest BCUT2D eigenvalue weighted by Crippen LogP contribution is -2.36. The summed E-state index contributed by atoms with van der Waals surface area (Å²) in [6.45, 7) is 5.90. The topological polar surface area (TPSA) is 36.4 Å². The molecule has 1 heterocycles. The average Bonchev–Trinajstić information content (AvgIpc) is 2.95. The first-order chi connectivity index (χ1) is 10.2. The second-order valence-corrected chi connectivity index (χ2v) is 6.24. The molecule has 5 heteroatoms. The van der Waals surface area contributed by atoms with Crippen LogP contribution in [0.25, 0.3) is 0 Å². The van der Waals surface area contributed by atoms with Gasteiger partial charge in [0.1, 0.15) is 0 Å². The highest BCUT2D eigenvalue weighted by Crippen LogP contribution is 2.16. The largest absolute Gasteiger partial charge is 0.352 e. The van der Waals surface area contributed by atoms with E-state index in [0.717, 1.165) is 25.5 Å². The zero-order chi connectivity index (χ0) is 15.1. The molecule has 0 aliphatic heterocycles. The standard InChI is InChI=1S/C17H23N3S.HI/c1-4-15-8-9-16(21-15)12-20-17(18-3)19-11-14-7-5-6-13(2)10-14;/h5-10H,4,11-12H2,1-3H3,(H2,18,19,20);1H. The van der Waals surface area contributed by atoms with Gasteiger partial charge in [0.25, 0.3) is 0 Å². The maximum Gasteiger partial charge on any atom is 0.191 e. The van der Waals surface area contributed by atoms with Gasteiger partial charge in [-0.3, -0.25) is 4.99 Å². The summed E-state index contributed by atoms with van der Waals surface area (Å²) in [6.07, 6.45) is 1.10. The van der Waals surface area contributed by atoms with E-state index in [1.807, 2.05) is 11.3 Å². The quantitative estimate of drug-likeness (QED) is 0.427. The maximum absolute atomic E-state index is 4.27. The SMILES string of the molecule is CCc1ccc(CNC(=NC)NCc2cccc(C)c2)s1.I. The third-order valence-electron chi connectivity index (χ3n) is 3.26. The molecular weight excluding hydrogens is 405 g/mol. The maximum atomic E-state index is 4.27. The van der Waals surface area contributed by atoms with Crippen LogP contribution in [0.5, 0.6) is 0 Å². The van der Waals surface area contributed by atoms with Gasteiger partial charge in [0.15, 0.2) is 5.96 Å². The van der Waals surface area contributed by atoms with Gasteiger partial charge in [0.2, 0.25) is 0 Å². The minimum atomic E-state index is 0. The number of aryl methyl sites for hydroxylation is 2. The van der Waals surface area contributed by atoms with E-state index < -0.39 is 0 Å². The molecule has 1 aromatic carbocycles. The molecule has 0 saturated carbocycles. The predicted octanol–water partition coefficient (Wildman–Crippen LogP) is 4.10. The van der Waals surface area contributed by atoms with Crippen LogP contribution in [0.4, 0.5) is 0 Å². The minimum Gasteiger partial charge on any atom is -0.352 e. The highest BCUT2D eigenvalue weighted by Gasteiger charge is 2.01. The van der Waals surface area contributed by atoms with E-state index in [9.17, 15) is 0 Å². The van der Waals surface area contributed by atoms with E-state index in [2.05, 4.69) is 65.9 Å². The highest BCUT2D eigenvalue weighted by atomic mass is 127. The van der Waals surface area contributed by atoms with E-state index in [1.54, 1.807) is 7.05 Å². The molecular formula is C17H24IN3S. The van der Waals surface area contributed by atoms with Gasteiger partial charge in [-0.1, -0.05) is 36.8 Å². The Bertz CT molecular complexity index is 607. The van der Waals surface area contributed by atoms with Crippen LogP contribution < -0.4 is 10.6 Å². The molecule has 0 aliphatic carbocycles. The molecule has 0 radical (unpaired) electrons. The number of nitrogens with one attached hydrogen (secondary N) is 2. The number of rotatable bonds is 5. The lowest BCUT2D eigenvalue weighted by atomic mass is 10.1. The van der Waals surface area contributed by atoms with Gasteiger partial charge in [-0.2, -0.15) is 0 Å². The zero-order valence-corrected chi connectivity index (χ0v) is 16.5.